The number of ether oxygens (including phenoxy) is 1. The largest absolute Gasteiger partial charge is 0.488 e. The molecule has 2 nitrogen and oxygen atoms in total. The summed E-state index contributed by atoms with van der Waals surface area (Å²) in [5.41, 5.74) is 0.603. The van der Waals surface area contributed by atoms with E-state index in [0.717, 1.165) is 0 Å². The predicted octanol–water partition coefficient (Wildman–Crippen LogP) is 4.25. The standard InChI is InChI=1S/C15H13ClF2O2/c1-9(19)12-7-11(17)5-6-14(12)20-8-10-3-2-4-13(16)15(10)18/h2-7,9,19H,8H2,1H3. The molecule has 2 aromatic carbocycles. The van der Waals surface area contributed by atoms with Crippen molar-refractivity contribution in [1.82, 2.24) is 0 Å². The molecule has 0 aliphatic carbocycles. The first kappa shape index (κ1) is 14.8. The number of hydrogen-bond acceptors (Lipinski definition) is 2. The number of aliphatic hydroxyl groups is 1. The molecular weight excluding hydrogens is 286 g/mol. The molecule has 0 radical (unpaired) electrons. The lowest BCUT2D eigenvalue weighted by Gasteiger charge is -2.14. The van der Waals surface area contributed by atoms with E-state index >= 15 is 0 Å². The van der Waals surface area contributed by atoms with Crippen LogP contribution in [-0.2, 0) is 6.61 Å². The van der Waals surface area contributed by atoms with Crippen LogP contribution in [0.2, 0.25) is 5.02 Å². The van der Waals surface area contributed by atoms with Gasteiger partial charge in [0, 0.05) is 11.1 Å². The van der Waals surface area contributed by atoms with Crippen molar-refractivity contribution in [3.05, 3.63) is 64.2 Å². The van der Waals surface area contributed by atoms with Crippen LogP contribution in [0.25, 0.3) is 0 Å². The van der Waals surface area contributed by atoms with Crippen LogP contribution in [0, 0.1) is 11.6 Å². The third-order valence-electron chi connectivity index (χ3n) is 2.84. The second kappa shape index (κ2) is 6.20. The van der Waals surface area contributed by atoms with E-state index < -0.39 is 17.7 Å². The Kier molecular flexibility index (Phi) is 4.57. The van der Waals surface area contributed by atoms with Crippen molar-refractivity contribution in [2.75, 3.05) is 0 Å². The highest BCUT2D eigenvalue weighted by molar-refractivity contribution is 6.30. The average Bonchev–Trinajstić information content (AvgIpc) is 2.41. The topological polar surface area (TPSA) is 29.5 Å². The Labute approximate surface area is 120 Å². The van der Waals surface area contributed by atoms with Gasteiger partial charge in [-0.25, -0.2) is 8.78 Å². The molecule has 1 N–H and O–H groups in total. The molecule has 0 aliphatic rings. The van der Waals surface area contributed by atoms with Gasteiger partial charge in [-0.2, -0.15) is 0 Å². The molecule has 1 unspecified atom stereocenters. The van der Waals surface area contributed by atoms with Crippen molar-refractivity contribution < 1.29 is 18.6 Å². The lowest BCUT2D eigenvalue weighted by Crippen LogP contribution is -2.03. The van der Waals surface area contributed by atoms with Crippen LogP contribution in [0.3, 0.4) is 0 Å². The van der Waals surface area contributed by atoms with Crippen LogP contribution >= 0.6 is 11.6 Å². The minimum Gasteiger partial charge on any atom is -0.488 e. The predicted molar refractivity (Wildman–Crippen MR) is 72.8 cm³/mol. The normalized spacial score (nSPS) is 12.2. The molecule has 2 rings (SSSR count). The summed E-state index contributed by atoms with van der Waals surface area (Å²) in [5, 5.41) is 9.60. The Morgan fingerprint density at radius 2 is 2.00 bits per heavy atom. The molecule has 2 aromatic rings. The molecule has 0 aliphatic heterocycles. The molecular formula is C15H13ClF2O2. The van der Waals surface area contributed by atoms with E-state index in [1.54, 1.807) is 12.1 Å². The van der Waals surface area contributed by atoms with Gasteiger partial charge < -0.3 is 9.84 Å². The molecule has 0 saturated heterocycles. The zero-order valence-electron chi connectivity index (χ0n) is 10.7. The van der Waals surface area contributed by atoms with E-state index in [1.165, 1.54) is 31.2 Å². The number of hydrogen-bond donors (Lipinski definition) is 1. The van der Waals surface area contributed by atoms with Gasteiger partial charge in [0.15, 0.2) is 0 Å². The summed E-state index contributed by atoms with van der Waals surface area (Å²) in [5.74, 6) is -0.710. The van der Waals surface area contributed by atoms with Crippen molar-refractivity contribution >= 4 is 11.6 Å². The Balaban J connectivity index is 2.21. The number of benzene rings is 2. The zero-order chi connectivity index (χ0) is 14.7. The van der Waals surface area contributed by atoms with Crippen molar-refractivity contribution in [2.45, 2.75) is 19.6 Å². The van der Waals surface area contributed by atoms with Gasteiger partial charge in [0.2, 0.25) is 0 Å². The highest BCUT2D eigenvalue weighted by Crippen LogP contribution is 2.27. The first-order chi connectivity index (χ1) is 9.49. The summed E-state index contributed by atoms with van der Waals surface area (Å²) in [6.45, 7) is 1.44. The maximum absolute atomic E-state index is 13.7. The third kappa shape index (κ3) is 3.26. The van der Waals surface area contributed by atoms with Crippen molar-refractivity contribution in [1.29, 1.82) is 0 Å². The van der Waals surface area contributed by atoms with Crippen LogP contribution in [0.15, 0.2) is 36.4 Å². The Bertz CT molecular complexity index is 615. The van der Waals surface area contributed by atoms with E-state index in [1.807, 2.05) is 0 Å². The Hall–Kier alpha value is -1.65. The summed E-state index contributed by atoms with van der Waals surface area (Å²) in [4.78, 5) is 0. The van der Waals surface area contributed by atoms with E-state index in [9.17, 15) is 13.9 Å². The van der Waals surface area contributed by atoms with Gasteiger partial charge in [-0.3, -0.25) is 0 Å². The lowest BCUT2D eigenvalue weighted by atomic mass is 10.1. The molecule has 0 heterocycles. The quantitative estimate of drug-likeness (QED) is 0.914. The van der Waals surface area contributed by atoms with E-state index in [2.05, 4.69) is 0 Å². The number of rotatable bonds is 4. The van der Waals surface area contributed by atoms with Gasteiger partial charge in [-0.1, -0.05) is 23.7 Å². The molecule has 1 atom stereocenters. The van der Waals surface area contributed by atoms with Gasteiger partial charge in [0.1, 0.15) is 24.0 Å². The maximum Gasteiger partial charge on any atom is 0.148 e. The van der Waals surface area contributed by atoms with Gasteiger partial charge in [-0.05, 0) is 31.2 Å². The molecule has 0 amide bonds. The van der Waals surface area contributed by atoms with Crippen molar-refractivity contribution in [2.24, 2.45) is 0 Å². The van der Waals surface area contributed by atoms with Gasteiger partial charge in [-0.15, -0.1) is 0 Å². The average molecular weight is 299 g/mol. The second-order valence-corrected chi connectivity index (χ2v) is 4.77. The smallest absolute Gasteiger partial charge is 0.148 e. The fourth-order valence-electron chi connectivity index (χ4n) is 1.79. The minimum atomic E-state index is -0.884. The summed E-state index contributed by atoms with van der Waals surface area (Å²) in [6.07, 6.45) is -0.884. The molecule has 106 valence electrons. The van der Waals surface area contributed by atoms with Crippen molar-refractivity contribution in [3.8, 4) is 5.75 Å². The van der Waals surface area contributed by atoms with E-state index in [0.29, 0.717) is 16.9 Å². The SMILES string of the molecule is CC(O)c1cc(F)ccc1OCc1cccc(Cl)c1F. The Morgan fingerprint density at radius 3 is 2.70 bits per heavy atom. The summed E-state index contributed by atoms with van der Waals surface area (Å²) >= 11 is 5.68. The summed E-state index contributed by atoms with van der Waals surface area (Å²) in [7, 11) is 0. The molecule has 0 saturated carbocycles. The monoisotopic (exact) mass is 298 g/mol. The summed E-state index contributed by atoms with van der Waals surface area (Å²) in [6, 6.07) is 8.42. The molecule has 0 bridgehead atoms. The van der Waals surface area contributed by atoms with Crippen LogP contribution in [0.4, 0.5) is 8.78 Å². The van der Waals surface area contributed by atoms with Crippen LogP contribution < -0.4 is 4.74 Å². The first-order valence-electron chi connectivity index (χ1n) is 6.02. The van der Waals surface area contributed by atoms with Crippen molar-refractivity contribution in [3.63, 3.8) is 0 Å². The maximum atomic E-state index is 13.7. The van der Waals surface area contributed by atoms with Gasteiger partial charge in [0.05, 0.1) is 11.1 Å². The fourth-order valence-corrected chi connectivity index (χ4v) is 1.99. The summed E-state index contributed by atoms with van der Waals surface area (Å²) < 4.78 is 32.3. The second-order valence-electron chi connectivity index (χ2n) is 4.36. The third-order valence-corrected chi connectivity index (χ3v) is 3.13. The molecule has 0 spiro atoms. The zero-order valence-corrected chi connectivity index (χ0v) is 11.5. The van der Waals surface area contributed by atoms with Gasteiger partial charge in [0.25, 0.3) is 0 Å². The fraction of sp³-hybridized carbons (Fsp3) is 0.200. The van der Waals surface area contributed by atoms with Crippen LogP contribution in [0.1, 0.15) is 24.2 Å². The van der Waals surface area contributed by atoms with E-state index in [-0.39, 0.29) is 11.6 Å². The number of halogens is 3. The molecule has 0 fully saturated rings. The number of aliphatic hydroxyl groups excluding tert-OH is 1. The first-order valence-corrected chi connectivity index (χ1v) is 6.40. The highest BCUT2D eigenvalue weighted by atomic mass is 35.5. The molecule has 5 heteroatoms. The molecule has 0 aromatic heterocycles. The van der Waals surface area contributed by atoms with E-state index in [4.69, 9.17) is 16.3 Å². The highest BCUT2D eigenvalue weighted by Gasteiger charge is 2.12. The Morgan fingerprint density at radius 1 is 1.25 bits per heavy atom. The van der Waals surface area contributed by atoms with Gasteiger partial charge >= 0.3 is 0 Å². The lowest BCUT2D eigenvalue weighted by molar-refractivity contribution is 0.189. The molecule has 20 heavy (non-hydrogen) atoms. The van der Waals surface area contributed by atoms with Crippen LogP contribution in [0.5, 0.6) is 5.75 Å². The van der Waals surface area contributed by atoms with Crippen LogP contribution in [-0.4, -0.2) is 5.11 Å². The minimum absolute atomic E-state index is 0.0148.